The molecule has 1 saturated carbocycles. The second-order valence-electron chi connectivity index (χ2n) is 5.73. The maximum absolute atomic E-state index is 12.0. The third-order valence-corrected chi connectivity index (χ3v) is 3.85. The highest BCUT2D eigenvalue weighted by Crippen LogP contribution is 2.39. The van der Waals surface area contributed by atoms with Crippen molar-refractivity contribution in [2.45, 2.75) is 38.3 Å². The van der Waals surface area contributed by atoms with Gasteiger partial charge in [-0.25, -0.2) is 0 Å². The highest BCUT2D eigenvalue weighted by Gasteiger charge is 2.43. The van der Waals surface area contributed by atoms with Gasteiger partial charge < -0.3 is 10.6 Å². The van der Waals surface area contributed by atoms with Gasteiger partial charge in [0.1, 0.15) is 5.54 Å². The fourth-order valence-electron chi connectivity index (χ4n) is 2.57. The van der Waals surface area contributed by atoms with Crippen LogP contribution >= 0.6 is 0 Å². The average molecular weight is 250 g/mol. The molecular formula is C13H22N4O. The number of carbonyl (C=O) groups excluding carboxylic acids is 1. The Hall–Kier alpha value is -1.12. The van der Waals surface area contributed by atoms with E-state index in [0.29, 0.717) is 18.5 Å². The van der Waals surface area contributed by atoms with Crippen molar-refractivity contribution in [2.24, 2.45) is 5.92 Å². The molecule has 0 radical (unpaired) electrons. The van der Waals surface area contributed by atoms with Crippen LogP contribution < -0.4 is 10.6 Å². The summed E-state index contributed by atoms with van der Waals surface area (Å²) >= 11 is 0. The van der Waals surface area contributed by atoms with Gasteiger partial charge in [-0.2, -0.15) is 5.26 Å². The van der Waals surface area contributed by atoms with Gasteiger partial charge in [0.2, 0.25) is 5.91 Å². The number of piperazine rings is 1. The molecule has 0 bridgehead atoms. The van der Waals surface area contributed by atoms with Crippen molar-refractivity contribution in [3.63, 3.8) is 0 Å². The van der Waals surface area contributed by atoms with Gasteiger partial charge in [0.15, 0.2) is 0 Å². The summed E-state index contributed by atoms with van der Waals surface area (Å²) in [7, 11) is 0. The van der Waals surface area contributed by atoms with Crippen LogP contribution in [0.2, 0.25) is 0 Å². The fourth-order valence-corrected chi connectivity index (χ4v) is 2.57. The van der Waals surface area contributed by atoms with E-state index in [0.717, 1.165) is 32.5 Å². The Labute approximate surface area is 109 Å². The lowest BCUT2D eigenvalue weighted by Gasteiger charge is -2.32. The van der Waals surface area contributed by atoms with Crippen molar-refractivity contribution in [2.75, 3.05) is 26.2 Å². The molecule has 5 nitrogen and oxygen atoms in total. The third kappa shape index (κ3) is 3.21. The van der Waals surface area contributed by atoms with Gasteiger partial charge in [-0.05, 0) is 32.6 Å². The Morgan fingerprint density at radius 1 is 1.61 bits per heavy atom. The number of hydrogen-bond acceptors (Lipinski definition) is 4. The predicted octanol–water partition coefficient (Wildman–Crippen LogP) is 0.0886. The molecule has 0 aromatic heterocycles. The predicted molar refractivity (Wildman–Crippen MR) is 68.8 cm³/mol. The molecular weight excluding hydrogens is 228 g/mol. The van der Waals surface area contributed by atoms with Gasteiger partial charge in [0, 0.05) is 25.7 Å². The quantitative estimate of drug-likeness (QED) is 0.742. The fraction of sp³-hybridized carbons (Fsp3) is 0.846. The largest absolute Gasteiger partial charge is 0.337 e. The number of hydrogen-bond donors (Lipinski definition) is 2. The topological polar surface area (TPSA) is 68.2 Å². The third-order valence-electron chi connectivity index (χ3n) is 3.85. The Morgan fingerprint density at radius 2 is 2.33 bits per heavy atom. The zero-order chi connectivity index (χ0) is 13.2. The van der Waals surface area contributed by atoms with Gasteiger partial charge in [-0.1, -0.05) is 0 Å². The van der Waals surface area contributed by atoms with E-state index >= 15 is 0 Å². The average Bonchev–Trinajstić information content (AvgIpc) is 3.12. The maximum Gasteiger partial charge on any atom is 0.235 e. The second kappa shape index (κ2) is 5.25. The maximum atomic E-state index is 12.0. The summed E-state index contributed by atoms with van der Waals surface area (Å²) in [5.41, 5.74) is -0.670. The number of nitrogens with zero attached hydrogens (tertiary/aromatic N) is 2. The summed E-state index contributed by atoms with van der Waals surface area (Å²) in [5, 5.41) is 15.5. The molecule has 2 atom stereocenters. The van der Waals surface area contributed by atoms with E-state index in [-0.39, 0.29) is 5.91 Å². The van der Waals surface area contributed by atoms with E-state index in [1.165, 1.54) is 0 Å². The summed E-state index contributed by atoms with van der Waals surface area (Å²) < 4.78 is 0. The van der Waals surface area contributed by atoms with Gasteiger partial charge in [-0.15, -0.1) is 0 Å². The summed E-state index contributed by atoms with van der Waals surface area (Å²) in [6, 6.07) is 2.68. The molecule has 0 aromatic carbocycles. The highest BCUT2D eigenvalue weighted by atomic mass is 16.2. The Balaban J connectivity index is 1.83. The monoisotopic (exact) mass is 250 g/mol. The molecule has 2 rings (SSSR count). The minimum Gasteiger partial charge on any atom is -0.337 e. The second-order valence-corrected chi connectivity index (χ2v) is 5.73. The van der Waals surface area contributed by atoms with Crippen LogP contribution in [0.5, 0.6) is 0 Å². The standard InChI is InChI=1S/C13H22N4O/c1-10-7-17(6-5-15-10)8-12(18)16-13(2,9-14)11-3-4-11/h10-11,15H,3-8H2,1-2H3,(H,16,18)/t10-,13?/m0/s1. The molecule has 18 heavy (non-hydrogen) atoms. The van der Waals surface area contributed by atoms with Crippen molar-refractivity contribution < 1.29 is 4.79 Å². The molecule has 0 aromatic rings. The lowest BCUT2D eigenvalue weighted by atomic mass is 9.98. The number of carbonyl (C=O) groups is 1. The number of nitriles is 1. The molecule has 5 heteroatoms. The Kier molecular flexibility index (Phi) is 3.88. The van der Waals surface area contributed by atoms with E-state index in [1.807, 2.05) is 6.92 Å². The van der Waals surface area contributed by atoms with Crippen LogP contribution in [0, 0.1) is 17.2 Å². The molecule has 1 aliphatic heterocycles. The van der Waals surface area contributed by atoms with Crippen LogP contribution in [-0.4, -0.2) is 48.6 Å². The zero-order valence-electron chi connectivity index (χ0n) is 11.2. The van der Waals surface area contributed by atoms with E-state index in [4.69, 9.17) is 0 Å². The molecule has 1 aliphatic carbocycles. The number of nitrogens with one attached hydrogen (secondary N) is 2. The van der Waals surface area contributed by atoms with Crippen LogP contribution in [0.15, 0.2) is 0 Å². The molecule has 100 valence electrons. The zero-order valence-corrected chi connectivity index (χ0v) is 11.2. The first kappa shape index (κ1) is 13.3. The Bertz CT molecular complexity index is 360. The van der Waals surface area contributed by atoms with Crippen LogP contribution in [0.4, 0.5) is 0 Å². The van der Waals surface area contributed by atoms with Crippen molar-refractivity contribution in [3.8, 4) is 6.07 Å². The van der Waals surface area contributed by atoms with E-state index in [9.17, 15) is 10.1 Å². The minimum atomic E-state index is -0.670. The summed E-state index contributed by atoms with van der Waals surface area (Å²) in [4.78, 5) is 14.1. The molecule has 1 unspecified atom stereocenters. The lowest BCUT2D eigenvalue weighted by Crippen LogP contribution is -2.54. The van der Waals surface area contributed by atoms with E-state index in [1.54, 1.807) is 0 Å². The molecule has 0 spiro atoms. The molecule has 2 aliphatic rings. The van der Waals surface area contributed by atoms with Gasteiger partial charge >= 0.3 is 0 Å². The first-order valence-electron chi connectivity index (χ1n) is 6.71. The SMILES string of the molecule is C[C@H]1CN(CC(=O)NC(C)(C#N)C2CC2)CCN1. The summed E-state index contributed by atoms with van der Waals surface area (Å²) in [5.74, 6) is 0.313. The smallest absolute Gasteiger partial charge is 0.235 e. The van der Waals surface area contributed by atoms with Crippen molar-refractivity contribution in [1.29, 1.82) is 5.26 Å². The molecule has 1 heterocycles. The first-order chi connectivity index (χ1) is 8.53. The van der Waals surface area contributed by atoms with Crippen LogP contribution in [0.1, 0.15) is 26.7 Å². The van der Waals surface area contributed by atoms with Crippen molar-refractivity contribution in [1.82, 2.24) is 15.5 Å². The summed E-state index contributed by atoms with van der Waals surface area (Å²) in [6.07, 6.45) is 2.10. The highest BCUT2D eigenvalue weighted by molar-refractivity contribution is 5.79. The molecule has 1 amide bonds. The Morgan fingerprint density at radius 3 is 2.89 bits per heavy atom. The van der Waals surface area contributed by atoms with Crippen molar-refractivity contribution in [3.05, 3.63) is 0 Å². The van der Waals surface area contributed by atoms with Crippen LogP contribution in [0.3, 0.4) is 0 Å². The minimum absolute atomic E-state index is 0.0277. The van der Waals surface area contributed by atoms with Crippen LogP contribution in [0.25, 0.3) is 0 Å². The van der Waals surface area contributed by atoms with E-state index in [2.05, 4.69) is 28.5 Å². The number of amides is 1. The molecule has 1 saturated heterocycles. The molecule has 2 N–H and O–H groups in total. The molecule has 2 fully saturated rings. The van der Waals surface area contributed by atoms with E-state index < -0.39 is 5.54 Å². The summed E-state index contributed by atoms with van der Waals surface area (Å²) in [6.45, 7) is 7.06. The normalized spacial score (nSPS) is 28.2. The van der Waals surface area contributed by atoms with Gasteiger partial charge in [0.25, 0.3) is 0 Å². The van der Waals surface area contributed by atoms with Crippen LogP contribution in [-0.2, 0) is 4.79 Å². The van der Waals surface area contributed by atoms with Gasteiger partial charge in [0.05, 0.1) is 12.6 Å². The van der Waals surface area contributed by atoms with Gasteiger partial charge in [-0.3, -0.25) is 9.69 Å². The lowest BCUT2D eigenvalue weighted by molar-refractivity contribution is -0.123. The van der Waals surface area contributed by atoms with Crippen molar-refractivity contribution >= 4 is 5.91 Å². The first-order valence-corrected chi connectivity index (χ1v) is 6.71. The number of rotatable bonds is 4.